The maximum absolute atomic E-state index is 4.58. The molecule has 0 unspecified atom stereocenters. The van der Waals surface area contributed by atoms with Crippen LogP contribution in [0.15, 0.2) is 475 Å². The summed E-state index contributed by atoms with van der Waals surface area (Å²) in [6, 6.07) is 69.2. The number of nitrogens with one attached hydrogen (secondary N) is 2. The number of allylic oxidation sites excluding steroid dienone is 4. The number of aromatic amines is 2. The minimum absolute atomic E-state index is 0.778. The number of pyridine rings is 2. The van der Waals surface area contributed by atoms with E-state index < -0.39 is 0 Å². The lowest BCUT2D eigenvalue weighted by Crippen LogP contribution is -2.19. The quantitative estimate of drug-likeness (QED) is 0.143. The molecule has 18 heterocycles. The first-order valence-electron chi connectivity index (χ1n) is 36.2. The van der Waals surface area contributed by atoms with E-state index in [-0.39, 0.29) is 0 Å². The molecular formula is C91H85N21O2S3. The van der Waals surface area contributed by atoms with Gasteiger partial charge in [0.2, 0.25) is 0 Å². The van der Waals surface area contributed by atoms with Gasteiger partial charge in [-0.25, -0.2) is 38.9 Å². The number of furan rings is 2. The first-order valence-corrected chi connectivity index (χ1v) is 39.0. The van der Waals surface area contributed by atoms with Gasteiger partial charge in [-0.05, 0) is 160 Å². The Bertz CT molecular complexity index is 4830. The number of azo groups is 1. The monoisotopic (exact) mass is 1600 g/mol. The van der Waals surface area contributed by atoms with Crippen molar-refractivity contribution in [1.29, 1.82) is 0 Å². The van der Waals surface area contributed by atoms with Crippen molar-refractivity contribution in [2.24, 2.45) is 10.2 Å². The van der Waals surface area contributed by atoms with E-state index in [4.69, 9.17) is 0 Å². The molecule has 0 amide bonds. The lowest BCUT2D eigenvalue weighted by molar-refractivity contribution is 0.567. The Morgan fingerprint density at radius 1 is 0.350 bits per heavy atom. The number of thiophene rings is 1. The number of aromatic nitrogens is 19. The zero-order chi connectivity index (χ0) is 80.9. The van der Waals surface area contributed by atoms with Gasteiger partial charge in [-0.15, -0.1) is 22.7 Å². The van der Waals surface area contributed by atoms with Crippen LogP contribution in [0.3, 0.4) is 0 Å². The summed E-state index contributed by atoms with van der Waals surface area (Å²) in [7, 11) is 0. The highest BCUT2D eigenvalue weighted by Gasteiger charge is 1.93. The molecule has 0 saturated heterocycles. The first-order chi connectivity index (χ1) is 58.3. The molecule has 0 bridgehead atoms. The van der Waals surface area contributed by atoms with Gasteiger partial charge >= 0.3 is 0 Å². The summed E-state index contributed by atoms with van der Waals surface area (Å²) in [4.78, 5) is 52.5. The van der Waals surface area contributed by atoms with Crippen LogP contribution in [0.25, 0.3) is 61.1 Å². The van der Waals surface area contributed by atoms with Gasteiger partial charge in [-0.3, -0.25) is 29.9 Å². The third kappa shape index (κ3) is 39.4. The Labute approximate surface area is 689 Å². The molecule has 1 aliphatic heterocycles. The molecule has 0 radical (unpaired) electrons. The van der Waals surface area contributed by atoms with E-state index in [1.54, 1.807) is 197 Å². The van der Waals surface area contributed by atoms with Crippen molar-refractivity contribution in [3.63, 3.8) is 0 Å². The molecule has 0 spiro atoms. The van der Waals surface area contributed by atoms with E-state index in [0.29, 0.717) is 0 Å². The zero-order valence-corrected chi connectivity index (χ0v) is 66.1. The van der Waals surface area contributed by atoms with Crippen molar-refractivity contribution in [2.45, 2.75) is 12.8 Å². The topological polar surface area (TPSA) is 276 Å². The SMILES string of the molecule is C1=CCC=C1.C1=CN=NC1.C1=c2ccccc2=CC1.c1ccc2[nH]ccc2c1.c1ccc2[nH]ccc2c1.c1ccc2scnc2c1.c1ccncc1.c1ccncc1.c1ccoc1.c1ccoc1.c1ccsc1.c1cn2ccnc2cn1.c1cnc2ccnn2c1.c1cnccn1.c1cncnc1.c1cnn2ccnc2c1.c1cscn1. The molecule has 0 fully saturated rings. The van der Waals surface area contributed by atoms with Gasteiger partial charge in [0.15, 0.2) is 16.9 Å². The number of hydrogen-bond donors (Lipinski definition) is 2. The second kappa shape index (κ2) is 59.4. The second-order valence-electron chi connectivity index (χ2n) is 22.3. The number of rotatable bonds is 0. The average Bonchev–Trinajstić information content (AvgIpc) is 1.81. The fourth-order valence-corrected chi connectivity index (χ4v) is 10.4. The van der Waals surface area contributed by atoms with Crippen molar-refractivity contribution >= 4 is 95.1 Å². The van der Waals surface area contributed by atoms with Gasteiger partial charge in [-0.2, -0.15) is 31.8 Å². The smallest absolute Gasteiger partial charge is 0.155 e. The van der Waals surface area contributed by atoms with Crippen LogP contribution in [0.1, 0.15) is 12.8 Å². The van der Waals surface area contributed by atoms with Crippen molar-refractivity contribution in [3.8, 4) is 0 Å². The normalized spacial score (nSPS) is 10.3. The van der Waals surface area contributed by atoms with E-state index in [1.165, 1.54) is 43.3 Å². The molecule has 24 rings (SSSR count). The Morgan fingerprint density at radius 2 is 0.915 bits per heavy atom. The van der Waals surface area contributed by atoms with Crippen LogP contribution in [0, 0.1) is 0 Å². The maximum Gasteiger partial charge on any atom is 0.155 e. The molecule has 21 aromatic rings. The maximum atomic E-state index is 4.58. The fourth-order valence-electron chi connectivity index (χ4n) is 8.90. The number of imidazole rings is 2. The second-order valence-corrected chi connectivity index (χ2v) is 24.8. The number of thiazole rings is 2. The van der Waals surface area contributed by atoms with Crippen LogP contribution >= 0.6 is 34.0 Å². The van der Waals surface area contributed by atoms with Crippen LogP contribution < -0.4 is 10.4 Å². The minimum Gasteiger partial charge on any atom is -0.473 e. The van der Waals surface area contributed by atoms with Crippen LogP contribution in [0.5, 0.6) is 0 Å². The molecule has 4 aromatic carbocycles. The Balaban J connectivity index is 0.000000156. The van der Waals surface area contributed by atoms with Gasteiger partial charge in [0.05, 0.1) is 65.2 Å². The third-order valence-electron chi connectivity index (χ3n) is 14.2. The standard InChI is InChI=1S/C9H8.2C8H7N.C7H5NS.3C6H5N3.2C5H5N.C5H6.2C4H4N2.2C4H4O.C4H4S.C3H4N2.C3H3NS/c1-2-5-9-7-3-6-8(9)4-1;2*1-2-4-8-7(3-1)5-6-9-8;1-2-4-7-6(3-1)8-5-9-7;1-3-9-4-2-8-6(9)5-7-1;1-3-7-6-2-4-8-9(6)5-1;1-2-6-7-4-5-9(6)8-3-1;2*1-2-4-6-5-3-1;1-2-4-5-3-1;1-2-6-4-3-5-1;1-2-5-4-6-3-1;4*1-2-4-5-3-1;1-2-5-3-4-1/h1-2,4-7H,3H2;2*1-6,9H;4*1-5H;2*1-5H;1-4H,5H2;2*1-4H;3*1-4H;1-2H,3H2;1-3H. The van der Waals surface area contributed by atoms with Crippen LogP contribution in [0.2, 0.25) is 0 Å². The molecule has 0 saturated carbocycles. The summed E-state index contributed by atoms with van der Waals surface area (Å²) in [5.41, 5.74) is 9.83. The number of nitrogens with zero attached hydrogens (tertiary/aromatic N) is 19. The number of hydrogen-bond acceptors (Lipinski definition) is 21. The highest BCUT2D eigenvalue weighted by Crippen LogP contribution is 2.16. The Hall–Kier alpha value is -15.4. The van der Waals surface area contributed by atoms with Crippen molar-refractivity contribution in [1.82, 2.24) is 93.4 Å². The van der Waals surface area contributed by atoms with E-state index in [0.717, 1.165) is 41.8 Å². The van der Waals surface area contributed by atoms with E-state index in [9.17, 15) is 0 Å². The molecule has 17 aromatic heterocycles. The molecule has 0 atom stereocenters. The highest BCUT2D eigenvalue weighted by atomic mass is 32.1. The number of fused-ring (bicyclic) bond motifs is 7. The van der Waals surface area contributed by atoms with Crippen LogP contribution in [-0.2, 0) is 0 Å². The van der Waals surface area contributed by atoms with E-state index >= 15 is 0 Å². The van der Waals surface area contributed by atoms with Gasteiger partial charge in [0, 0.05) is 165 Å². The molecule has 117 heavy (non-hydrogen) atoms. The van der Waals surface area contributed by atoms with E-state index in [1.807, 2.05) is 209 Å². The summed E-state index contributed by atoms with van der Waals surface area (Å²) >= 11 is 4.99. The highest BCUT2D eigenvalue weighted by molar-refractivity contribution is 7.16. The summed E-state index contributed by atoms with van der Waals surface area (Å²) in [6.45, 7) is 0.778. The molecule has 584 valence electrons. The Morgan fingerprint density at radius 3 is 1.37 bits per heavy atom. The number of benzene rings is 4. The lowest BCUT2D eigenvalue weighted by Gasteiger charge is -1.86. The van der Waals surface area contributed by atoms with Gasteiger partial charge in [-0.1, -0.05) is 134 Å². The third-order valence-corrected chi connectivity index (χ3v) is 16.1. The molecule has 2 aliphatic carbocycles. The molecule has 26 heteroatoms. The van der Waals surface area contributed by atoms with Gasteiger partial charge in [0.25, 0.3) is 0 Å². The van der Waals surface area contributed by atoms with Gasteiger partial charge in [0.1, 0.15) is 6.33 Å². The summed E-state index contributed by atoms with van der Waals surface area (Å²) in [6.07, 6.45) is 68.9. The summed E-state index contributed by atoms with van der Waals surface area (Å²) in [5, 5.41) is 26.4. The molecule has 23 nitrogen and oxygen atoms in total. The molecule has 2 N–H and O–H groups in total. The van der Waals surface area contributed by atoms with Crippen molar-refractivity contribution in [2.75, 3.05) is 6.54 Å². The van der Waals surface area contributed by atoms with Crippen LogP contribution in [0.4, 0.5) is 0 Å². The minimum atomic E-state index is 0.778. The average molecular weight is 1600 g/mol. The predicted molar refractivity (Wildman–Crippen MR) is 473 cm³/mol. The molecular weight excluding hydrogens is 1520 g/mol. The lowest BCUT2D eigenvalue weighted by atomic mass is 10.3. The summed E-state index contributed by atoms with van der Waals surface area (Å²) in [5.74, 6) is 0. The van der Waals surface area contributed by atoms with Gasteiger partial charge < -0.3 is 23.2 Å². The Kier molecular flexibility index (Phi) is 44.3. The summed E-state index contributed by atoms with van der Waals surface area (Å²) < 4.78 is 15.8. The van der Waals surface area contributed by atoms with E-state index in [2.05, 4.69) is 202 Å². The van der Waals surface area contributed by atoms with Crippen molar-refractivity contribution in [3.05, 3.63) is 467 Å². The predicted octanol–water partition coefficient (Wildman–Crippen LogP) is 20.5. The number of para-hydroxylation sites is 3. The largest absolute Gasteiger partial charge is 0.473 e. The van der Waals surface area contributed by atoms with Crippen LogP contribution in [-0.4, -0.2) is 99.9 Å². The van der Waals surface area contributed by atoms with Crippen molar-refractivity contribution < 1.29 is 8.83 Å². The first kappa shape index (κ1) is 87.2. The molecule has 3 aliphatic rings. The fraction of sp³-hybridized carbons (Fsp3) is 0.0330. The zero-order valence-electron chi connectivity index (χ0n) is 63.6. The number of H-pyrrole nitrogens is 2.